The maximum atomic E-state index is 14.9. The van der Waals surface area contributed by atoms with Crippen molar-refractivity contribution in [1.29, 1.82) is 5.26 Å². The van der Waals surface area contributed by atoms with Gasteiger partial charge in [-0.3, -0.25) is 24.5 Å². The fourth-order valence-electron chi connectivity index (χ4n) is 7.53. The number of sulfonamides is 1. The molecule has 3 atom stereocenters. The number of carbonyl (C=O) groups excluding carboxylic acids is 2. The molecule has 11 heteroatoms. The summed E-state index contributed by atoms with van der Waals surface area (Å²) in [4.78, 5) is 38.8. The van der Waals surface area contributed by atoms with E-state index in [0.717, 1.165) is 21.9 Å². The van der Waals surface area contributed by atoms with Gasteiger partial charge in [-0.2, -0.15) is 9.57 Å². The molecular formula is C39H32N6O4S. The maximum Gasteiger partial charge on any atom is 0.254 e. The lowest BCUT2D eigenvalue weighted by atomic mass is 9.85. The first kappa shape index (κ1) is 31.6. The summed E-state index contributed by atoms with van der Waals surface area (Å²) < 4.78 is 29.1. The molecule has 248 valence electrons. The highest BCUT2D eigenvalue weighted by Gasteiger charge is 2.65. The normalized spacial score (nSPS) is 21.9. The molecule has 1 unspecified atom stereocenters. The van der Waals surface area contributed by atoms with Gasteiger partial charge in [0.25, 0.3) is 5.91 Å². The number of aromatic nitrogens is 2. The van der Waals surface area contributed by atoms with Crippen LogP contribution in [0.15, 0.2) is 133 Å². The quantitative estimate of drug-likeness (QED) is 0.178. The van der Waals surface area contributed by atoms with Crippen LogP contribution in [0.2, 0.25) is 0 Å². The van der Waals surface area contributed by atoms with Crippen molar-refractivity contribution in [3.63, 3.8) is 0 Å². The Morgan fingerprint density at radius 3 is 2.06 bits per heavy atom. The number of fused-ring (bicyclic) bond motifs is 2. The first-order chi connectivity index (χ1) is 24.3. The molecule has 3 aliphatic rings. The zero-order valence-corrected chi connectivity index (χ0v) is 27.7. The lowest BCUT2D eigenvalue weighted by Crippen LogP contribution is -2.51. The molecule has 3 aromatic carbocycles. The highest BCUT2D eigenvalue weighted by Crippen LogP contribution is 2.53. The van der Waals surface area contributed by atoms with Gasteiger partial charge in [0.1, 0.15) is 11.4 Å². The predicted molar refractivity (Wildman–Crippen MR) is 186 cm³/mol. The Morgan fingerprint density at radius 1 is 0.860 bits per heavy atom. The van der Waals surface area contributed by atoms with E-state index in [1.54, 1.807) is 66.1 Å². The number of piperidine rings is 1. The van der Waals surface area contributed by atoms with Crippen molar-refractivity contribution in [3.8, 4) is 6.07 Å². The molecule has 0 bridgehead atoms. The van der Waals surface area contributed by atoms with Crippen LogP contribution in [0.4, 0.5) is 0 Å². The van der Waals surface area contributed by atoms with Crippen molar-refractivity contribution in [2.45, 2.75) is 29.3 Å². The van der Waals surface area contributed by atoms with Crippen molar-refractivity contribution in [2.75, 3.05) is 13.1 Å². The Bertz CT molecular complexity index is 2250. The average Bonchev–Trinajstić information content (AvgIpc) is 3.47. The van der Waals surface area contributed by atoms with Gasteiger partial charge < -0.3 is 5.32 Å². The van der Waals surface area contributed by atoms with Crippen molar-refractivity contribution in [2.24, 2.45) is 11.8 Å². The van der Waals surface area contributed by atoms with E-state index in [-0.39, 0.29) is 47.6 Å². The van der Waals surface area contributed by atoms with Crippen LogP contribution in [-0.4, -0.2) is 64.0 Å². The molecular weight excluding hydrogens is 649 g/mol. The number of nitrogens with zero attached hydrogens (tertiary/aromatic N) is 5. The molecule has 1 N–H and O–H groups in total. The van der Waals surface area contributed by atoms with Gasteiger partial charge in [0.2, 0.25) is 10.0 Å². The molecule has 8 rings (SSSR count). The molecule has 5 aromatic rings. The Morgan fingerprint density at radius 2 is 1.46 bits per heavy atom. The number of benzene rings is 3. The number of pyridine rings is 2. The number of nitrogens with one attached hydrogen (secondary N) is 1. The van der Waals surface area contributed by atoms with Crippen LogP contribution in [0.25, 0.3) is 10.8 Å². The molecule has 0 radical (unpaired) electrons. The average molecular weight is 681 g/mol. The summed E-state index contributed by atoms with van der Waals surface area (Å²) in [6, 6.07) is 28.5. The van der Waals surface area contributed by atoms with Gasteiger partial charge in [-0.05, 0) is 82.6 Å². The van der Waals surface area contributed by atoms with Gasteiger partial charge in [-0.1, -0.05) is 30.3 Å². The standard InChI is InChI=1S/C39H32N6O4S/c40-23-28-5-7-30(8-6-28)35(46)20-36-43-39(21-26-11-15-41-16-12-26,22-27-13-17-42-18-14-27)38(47)45(36)37-33-24-44(25-34(33)37)50(48,49)32-10-9-29-3-1-2-4-31(29)19-32/h1-20,33-34,37,43H,21-22,24-25H2/b36-20+/t33-,34+,37?. The minimum atomic E-state index is -3.76. The van der Waals surface area contributed by atoms with Crippen LogP contribution < -0.4 is 5.32 Å². The molecule has 1 aliphatic carbocycles. The second kappa shape index (κ2) is 12.3. The second-order valence-corrected chi connectivity index (χ2v) is 15.1. The van der Waals surface area contributed by atoms with Crippen LogP contribution in [-0.2, 0) is 27.7 Å². The number of amides is 1. The fourth-order valence-corrected chi connectivity index (χ4v) is 9.08. The molecule has 2 aliphatic heterocycles. The monoisotopic (exact) mass is 680 g/mol. The number of hydrogen-bond acceptors (Lipinski definition) is 8. The fraction of sp³-hybridized carbons (Fsp3) is 0.205. The van der Waals surface area contributed by atoms with Crippen LogP contribution >= 0.6 is 0 Å². The summed E-state index contributed by atoms with van der Waals surface area (Å²) >= 11 is 0. The SMILES string of the molecule is N#Cc1ccc(C(=O)/C=C2\NC(Cc3ccncc3)(Cc3ccncc3)C(=O)N2C2[C@H]3CN(S(=O)(=O)c4ccc5ccccc5c4)C[C@@H]23)cc1. The van der Waals surface area contributed by atoms with Crippen LogP contribution in [0.5, 0.6) is 0 Å². The van der Waals surface area contributed by atoms with Crippen LogP contribution in [0, 0.1) is 23.2 Å². The Balaban J connectivity index is 1.12. The van der Waals surface area contributed by atoms with E-state index in [4.69, 9.17) is 0 Å². The van der Waals surface area contributed by atoms with E-state index in [9.17, 15) is 23.3 Å². The van der Waals surface area contributed by atoms with E-state index < -0.39 is 15.6 Å². The van der Waals surface area contributed by atoms with Crippen molar-refractivity contribution >= 4 is 32.5 Å². The summed E-state index contributed by atoms with van der Waals surface area (Å²) in [7, 11) is -3.76. The second-order valence-electron chi connectivity index (χ2n) is 13.2. The number of allylic oxidation sites excluding steroid dienone is 1. The van der Waals surface area contributed by atoms with Crippen molar-refractivity contribution < 1.29 is 18.0 Å². The smallest absolute Gasteiger partial charge is 0.254 e. The molecule has 0 spiro atoms. The lowest BCUT2D eigenvalue weighted by Gasteiger charge is -2.28. The maximum absolute atomic E-state index is 14.9. The highest BCUT2D eigenvalue weighted by molar-refractivity contribution is 7.89. The van der Waals surface area contributed by atoms with Crippen LogP contribution in [0.1, 0.15) is 27.0 Å². The third-order valence-corrected chi connectivity index (χ3v) is 11.9. The number of hydrogen-bond donors (Lipinski definition) is 1. The number of nitriles is 1. The predicted octanol–water partition coefficient (Wildman–Crippen LogP) is 4.50. The molecule has 1 saturated carbocycles. The van der Waals surface area contributed by atoms with Crippen molar-refractivity contribution in [3.05, 3.63) is 150 Å². The number of ketones is 1. The molecule has 50 heavy (non-hydrogen) atoms. The van der Waals surface area contributed by atoms with Gasteiger partial charge in [-0.15, -0.1) is 0 Å². The van der Waals surface area contributed by atoms with Gasteiger partial charge >= 0.3 is 0 Å². The molecule has 1 amide bonds. The minimum absolute atomic E-state index is 0.0953. The number of carbonyl (C=O) groups is 2. The van der Waals surface area contributed by atoms with Crippen molar-refractivity contribution in [1.82, 2.24) is 24.5 Å². The van der Waals surface area contributed by atoms with E-state index in [0.29, 0.717) is 29.8 Å². The third-order valence-electron chi connectivity index (χ3n) is 10.1. The molecule has 2 aromatic heterocycles. The Hall–Kier alpha value is -5.70. The largest absolute Gasteiger partial charge is 0.357 e. The van der Waals surface area contributed by atoms with Gasteiger partial charge in [-0.25, -0.2) is 8.42 Å². The molecule has 10 nitrogen and oxygen atoms in total. The summed E-state index contributed by atoms with van der Waals surface area (Å²) in [6.45, 7) is 0.541. The Labute approximate surface area is 289 Å². The zero-order chi connectivity index (χ0) is 34.5. The minimum Gasteiger partial charge on any atom is -0.357 e. The van der Waals surface area contributed by atoms with E-state index in [1.165, 1.54) is 10.4 Å². The molecule has 4 heterocycles. The lowest BCUT2D eigenvalue weighted by molar-refractivity contribution is -0.132. The summed E-state index contributed by atoms with van der Waals surface area (Å²) in [5.74, 6) is -0.294. The Kier molecular flexibility index (Phi) is 7.78. The van der Waals surface area contributed by atoms with Crippen LogP contribution in [0.3, 0.4) is 0 Å². The van der Waals surface area contributed by atoms with Gasteiger partial charge in [0.05, 0.1) is 16.5 Å². The highest BCUT2D eigenvalue weighted by atomic mass is 32.2. The number of rotatable bonds is 9. The topological polar surface area (TPSA) is 136 Å². The van der Waals surface area contributed by atoms with Gasteiger partial charge in [0, 0.05) is 80.2 Å². The summed E-state index contributed by atoms with van der Waals surface area (Å²) in [6.07, 6.45) is 8.88. The third kappa shape index (κ3) is 5.62. The van der Waals surface area contributed by atoms with E-state index in [1.807, 2.05) is 54.6 Å². The van der Waals surface area contributed by atoms with E-state index in [2.05, 4.69) is 21.4 Å². The summed E-state index contributed by atoms with van der Waals surface area (Å²) in [5, 5.41) is 14.6. The first-order valence-electron chi connectivity index (χ1n) is 16.4. The molecule has 2 saturated heterocycles. The van der Waals surface area contributed by atoms with E-state index >= 15 is 0 Å². The zero-order valence-electron chi connectivity index (χ0n) is 26.9. The molecule has 3 fully saturated rings. The van der Waals surface area contributed by atoms with Gasteiger partial charge in [0.15, 0.2) is 5.78 Å². The first-order valence-corrected chi connectivity index (χ1v) is 17.8. The summed E-state index contributed by atoms with van der Waals surface area (Å²) in [5.41, 5.74) is 1.49.